The fraction of sp³-hybridized carbons (Fsp3) is 0.133. The first-order valence-electron chi connectivity index (χ1n) is 6.08. The lowest BCUT2D eigenvalue weighted by molar-refractivity contribution is 0.102. The molecular formula is C15H15BrN2O2. The van der Waals surface area contributed by atoms with Crippen LogP contribution in [0.4, 0.5) is 5.69 Å². The Balaban J connectivity index is 2.16. The second-order valence-corrected chi connectivity index (χ2v) is 5.06. The number of anilines is 1. The average Bonchev–Trinajstić information content (AvgIpc) is 2.47. The normalized spacial score (nSPS) is 10.2. The van der Waals surface area contributed by atoms with Crippen molar-refractivity contribution in [2.75, 3.05) is 12.4 Å². The van der Waals surface area contributed by atoms with Crippen LogP contribution in [0.5, 0.6) is 5.75 Å². The molecule has 0 aliphatic rings. The summed E-state index contributed by atoms with van der Waals surface area (Å²) in [5.41, 5.74) is 7.77. The molecule has 4 nitrogen and oxygen atoms in total. The maximum atomic E-state index is 12.1. The number of methoxy groups -OCH3 is 1. The van der Waals surface area contributed by atoms with Crippen LogP contribution in [0.2, 0.25) is 0 Å². The van der Waals surface area contributed by atoms with Crippen molar-refractivity contribution in [3.8, 4) is 5.75 Å². The van der Waals surface area contributed by atoms with Gasteiger partial charge in [-0.05, 0) is 51.8 Å². The van der Waals surface area contributed by atoms with Gasteiger partial charge in [-0.3, -0.25) is 4.79 Å². The number of nitrogens with two attached hydrogens (primary N) is 1. The van der Waals surface area contributed by atoms with E-state index in [0.29, 0.717) is 23.5 Å². The number of carbonyl (C=O) groups excluding carboxylic acids is 1. The Kier molecular flexibility index (Phi) is 4.76. The first kappa shape index (κ1) is 14.6. The van der Waals surface area contributed by atoms with Crippen molar-refractivity contribution in [1.29, 1.82) is 0 Å². The van der Waals surface area contributed by atoms with Crippen molar-refractivity contribution in [3.63, 3.8) is 0 Å². The van der Waals surface area contributed by atoms with Gasteiger partial charge in [-0.25, -0.2) is 0 Å². The Morgan fingerprint density at radius 1 is 1.30 bits per heavy atom. The number of halogens is 1. The molecule has 0 aliphatic heterocycles. The molecule has 0 unspecified atom stereocenters. The van der Waals surface area contributed by atoms with Crippen LogP contribution in [0.1, 0.15) is 15.9 Å². The summed E-state index contributed by atoms with van der Waals surface area (Å²) in [4.78, 5) is 12.1. The summed E-state index contributed by atoms with van der Waals surface area (Å²) in [5, 5.41) is 2.84. The lowest BCUT2D eigenvalue weighted by Gasteiger charge is -2.09. The van der Waals surface area contributed by atoms with Gasteiger partial charge in [0.2, 0.25) is 0 Å². The molecule has 0 atom stereocenters. The van der Waals surface area contributed by atoms with Crippen LogP contribution in [-0.2, 0) is 6.54 Å². The van der Waals surface area contributed by atoms with E-state index in [2.05, 4.69) is 21.2 Å². The van der Waals surface area contributed by atoms with E-state index in [1.54, 1.807) is 37.4 Å². The minimum absolute atomic E-state index is 0.169. The lowest BCUT2D eigenvalue weighted by Crippen LogP contribution is -2.12. The zero-order valence-corrected chi connectivity index (χ0v) is 12.6. The molecule has 2 aromatic rings. The van der Waals surface area contributed by atoms with Crippen LogP contribution in [-0.4, -0.2) is 13.0 Å². The van der Waals surface area contributed by atoms with Crippen molar-refractivity contribution < 1.29 is 9.53 Å². The third kappa shape index (κ3) is 3.37. The average molecular weight is 335 g/mol. The smallest absolute Gasteiger partial charge is 0.255 e. The topological polar surface area (TPSA) is 64.3 Å². The van der Waals surface area contributed by atoms with Gasteiger partial charge in [0.15, 0.2) is 0 Å². The van der Waals surface area contributed by atoms with Crippen LogP contribution in [0, 0.1) is 0 Å². The van der Waals surface area contributed by atoms with Gasteiger partial charge in [-0.1, -0.05) is 12.1 Å². The summed E-state index contributed by atoms with van der Waals surface area (Å²) in [6, 6.07) is 12.6. The lowest BCUT2D eigenvalue weighted by atomic mass is 10.1. The Labute approximate surface area is 126 Å². The van der Waals surface area contributed by atoms with E-state index in [4.69, 9.17) is 10.5 Å². The second-order valence-electron chi connectivity index (χ2n) is 4.21. The standard InChI is InChI=1S/C15H15BrN2O2/c1-20-14-6-5-12(8-13(14)16)18-15(19)11-4-2-3-10(7-11)9-17/h2-8H,9,17H2,1H3,(H,18,19). The van der Waals surface area contributed by atoms with Crippen LogP contribution in [0.3, 0.4) is 0 Å². The van der Waals surface area contributed by atoms with Gasteiger partial charge in [0.1, 0.15) is 5.75 Å². The minimum atomic E-state index is -0.169. The third-order valence-electron chi connectivity index (χ3n) is 2.83. The first-order valence-corrected chi connectivity index (χ1v) is 6.87. The van der Waals surface area contributed by atoms with Gasteiger partial charge in [-0.2, -0.15) is 0 Å². The van der Waals surface area contributed by atoms with Crippen LogP contribution >= 0.6 is 15.9 Å². The molecule has 0 heterocycles. The van der Waals surface area contributed by atoms with Crippen molar-refractivity contribution in [3.05, 3.63) is 58.1 Å². The van der Waals surface area contributed by atoms with E-state index in [0.717, 1.165) is 10.0 Å². The fourth-order valence-corrected chi connectivity index (χ4v) is 2.33. The Morgan fingerprint density at radius 2 is 2.10 bits per heavy atom. The highest BCUT2D eigenvalue weighted by Gasteiger charge is 2.08. The summed E-state index contributed by atoms with van der Waals surface area (Å²) in [6.45, 7) is 0.412. The van der Waals surface area contributed by atoms with Gasteiger partial charge in [0.25, 0.3) is 5.91 Å². The van der Waals surface area contributed by atoms with Gasteiger partial charge in [-0.15, -0.1) is 0 Å². The molecule has 0 saturated carbocycles. The summed E-state index contributed by atoms with van der Waals surface area (Å²) in [5.74, 6) is 0.547. The molecule has 0 bridgehead atoms. The molecular weight excluding hydrogens is 320 g/mol. The van der Waals surface area contributed by atoms with Crippen LogP contribution < -0.4 is 15.8 Å². The van der Waals surface area contributed by atoms with Crippen molar-refractivity contribution in [2.24, 2.45) is 5.73 Å². The maximum absolute atomic E-state index is 12.1. The first-order chi connectivity index (χ1) is 9.63. The molecule has 0 spiro atoms. The highest BCUT2D eigenvalue weighted by atomic mass is 79.9. The number of hydrogen-bond acceptors (Lipinski definition) is 3. The van der Waals surface area contributed by atoms with Crippen molar-refractivity contribution in [1.82, 2.24) is 0 Å². The summed E-state index contributed by atoms with van der Waals surface area (Å²) in [6.07, 6.45) is 0. The molecule has 5 heteroatoms. The molecule has 20 heavy (non-hydrogen) atoms. The Hall–Kier alpha value is -1.85. The zero-order valence-electron chi connectivity index (χ0n) is 11.0. The number of hydrogen-bond donors (Lipinski definition) is 2. The molecule has 0 radical (unpaired) electrons. The molecule has 3 N–H and O–H groups in total. The number of carbonyl (C=O) groups is 1. The maximum Gasteiger partial charge on any atom is 0.255 e. The number of ether oxygens (including phenoxy) is 1. The van der Waals surface area contributed by atoms with E-state index in [1.807, 2.05) is 12.1 Å². The second kappa shape index (κ2) is 6.54. The largest absolute Gasteiger partial charge is 0.496 e. The number of rotatable bonds is 4. The Bertz CT molecular complexity index is 629. The summed E-state index contributed by atoms with van der Waals surface area (Å²) in [7, 11) is 1.59. The van der Waals surface area contributed by atoms with E-state index < -0.39 is 0 Å². The highest BCUT2D eigenvalue weighted by molar-refractivity contribution is 9.10. The molecule has 0 aliphatic carbocycles. The molecule has 0 fully saturated rings. The third-order valence-corrected chi connectivity index (χ3v) is 3.45. The number of nitrogens with one attached hydrogen (secondary N) is 1. The van der Waals surface area contributed by atoms with Crippen LogP contribution in [0.25, 0.3) is 0 Å². The quantitative estimate of drug-likeness (QED) is 0.902. The van der Waals surface area contributed by atoms with Crippen molar-refractivity contribution in [2.45, 2.75) is 6.54 Å². The van der Waals surface area contributed by atoms with E-state index in [9.17, 15) is 4.79 Å². The van der Waals surface area contributed by atoms with E-state index in [-0.39, 0.29) is 5.91 Å². The molecule has 0 saturated heterocycles. The van der Waals surface area contributed by atoms with Crippen molar-refractivity contribution >= 4 is 27.5 Å². The molecule has 2 aromatic carbocycles. The zero-order chi connectivity index (χ0) is 14.5. The SMILES string of the molecule is COc1ccc(NC(=O)c2cccc(CN)c2)cc1Br. The molecule has 2 rings (SSSR count). The van der Waals surface area contributed by atoms with E-state index in [1.165, 1.54) is 0 Å². The van der Waals surface area contributed by atoms with E-state index >= 15 is 0 Å². The number of amides is 1. The monoisotopic (exact) mass is 334 g/mol. The number of benzene rings is 2. The fourth-order valence-electron chi connectivity index (χ4n) is 1.79. The minimum Gasteiger partial charge on any atom is -0.496 e. The molecule has 0 aromatic heterocycles. The summed E-state index contributed by atoms with van der Waals surface area (Å²) >= 11 is 3.38. The molecule has 104 valence electrons. The van der Waals surface area contributed by atoms with Crippen LogP contribution in [0.15, 0.2) is 46.9 Å². The highest BCUT2D eigenvalue weighted by Crippen LogP contribution is 2.27. The predicted molar refractivity (Wildman–Crippen MR) is 83.0 cm³/mol. The van der Waals surface area contributed by atoms with Gasteiger partial charge < -0.3 is 15.8 Å². The predicted octanol–water partition coefficient (Wildman–Crippen LogP) is 3.17. The summed E-state index contributed by atoms with van der Waals surface area (Å²) < 4.78 is 5.93. The van der Waals surface area contributed by atoms with Gasteiger partial charge >= 0.3 is 0 Å². The molecule has 1 amide bonds. The van der Waals surface area contributed by atoms with Gasteiger partial charge in [0.05, 0.1) is 11.6 Å². The van der Waals surface area contributed by atoms with Gasteiger partial charge in [0, 0.05) is 17.8 Å². The Morgan fingerprint density at radius 3 is 2.75 bits per heavy atom.